The fourth-order valence-electron chi connectivity index (χ4n) is 2.19. The molecule has 0 spiro atoms. The highest BCUT2D eigenvalue weighted by Crippen LogP contribution is 2.29. The quantitative estimate of drug-likeness (QED) is 0.780. The topological polar surface area (TPSA) is 107 Å². The number of anilines is 2. The van der Waals surface area contributed by atoms with Crippen LogP contribution in [0.15, 0.2) is 28.1 Å². The zero-order chi connectivity index (χ0) is 18.1. The summed E-state index contributed by atoms with van der Waals surface area (Å²) >= 11 is 1.17. The number of hydrogen-bond acceptors (Lipinski definition) is 6. The maximum atomic E-state index is 12.2. The molecule has 0 saturated heterocycles. The number of amides is 1. The number of nitrogens with two attached hydrogens (primary N) is 1. The number of benzene rings is 1. The maximum absolute atomic E-state index is 12.2. The van der Waals surface area contributed by atoms with E-state index in [1.807, 2.05) is 32.0 Å². The van der Waals surface area contributed by atoms with E-state index in [-0.39, 0.29) is 28.2 Å². The van der Waals surface area contributed by atoms with Crippen molar-refractivity contribution in [3.63, 3.8) is 0 Å². The third-order valence-electron chi connectivity index (χ3n) is 3.56. The highest BCUT2D eigenvalue weighted by Gasteiger charge is 2.24. The van der Waals surface area contributed by atoms with E-state index in [9.17, 15) is 13.2 Å². The van der Waals surface area contributed by atoms with Crippen LogP contribution in [0.25, 0.3) is 0 Å². The Morgan fingerprint density at radius 1 is 1.33 bits per heavy atom. The second-order valence-electron chi connectivity index (χ2n) is 5.50. The summed E-state index contributed by atoms with van der Waals surface area (Å²) in [6.45, 7) is 3.78. The highest BCUT2D eigenvalue weighted by atomic mass is 32.2. The molecule has 0 bridgehead atoms. The second-order valence-corrected chi connectivity index (χ2v) is 8.25. The van der Waals surface area contributed by atoms with Crippen molar-refractivity contribution in [2.45, 2.75) is 30.3 Å². The van der Waals surface area contributed by atoms with Gasteiger partial charge in [-0.2, -0.15) is 5.10 Å². The van der Waals surface area contributed by atoms with Crippen LogP contribution in [0, 0.1) is 13.8 Å². The Labute approximate surface area is 145 Å². The van der Waals surface area contributed by atoms with Gasteiger partial charge in [0.05, 0.1) is 0 Å². The lowest BCUT2D eigenvalue weighted by molar-refractivity contribution is -0.116. The minimum absolute atomic E-state index is 0.0305. The molecule has 0 fully saturated rings. The lowest BCUT2D eigenvalue weighted by atomic mass is 10.1. The van der Waals surface area contributed by atoms with E-state index in [1.54, 1.807) is 6.26 Å². The number of rotatable bonds is 5. The van der Waals surface area contributed by atoms with Gasteiger partial charge in [0.1, 0.15) is 22.3 Å². The van der Waals surface area contributed by atoms with Crippen molar-refractivity contribution in [3.05, 3.63) is 29.3 Å². The van der Waals surface area contributed by atoms with Crippen LogP contribution < -0.4 is 11.1 Å². The molecule has 0 atom stereocenters. The molecular weight excluding hydrogens is 348 g/mol. The molecule has 24 heavy (non-hydrogen) atoms. The van der Waals surface area contributed by atoms with Crippen LogP contribution in [-0.4, -0.2) is 36.6 Å². The number of nitrogens with one attached hydrogen (secondary N) is 1. The Morgan fingerprint density at radius 2 is 2.00 bits per heavy atom. The Kier molecular flexibility index (Phi) is 5.24. The third-order valence-corrected chi connectivity index (χ3v) is 5.51. The van der Waals surface area contributed by atoms with Gasteiger partial charge in [-0.05, 0) is 43.4 Å². The van der Waals surface area contributed by atoms with Crippen molar-refractivity contribution < 1.29 is 13.2 Å². The van der Waals surface area contributed by atoms with Crippen molar-refractivity contribution in [2.24, 2.45) is 0 Å². The minimum Gasteiger partial charge on any atom is -0.383 e. The number of thioether (sulfide) groups is 1. The molecule has 0 radical (unpaired) electrons. The summed E-state index contributed by atoms with van der Waals surface area (Å²) in [7, 11) is -3.52. The smallest absolute Gasteiger partial charge is 0.246 e. The Hall–Kier alpha value is -2.00. The van der Waals surface area contributed by atoms with Gasteiger partial charge < -0.3 is 11.1 Å². The van der Waals surface area contributed by atoms with Crippen LogP contribution in [0.1, 0.15) is 11.1 Å². The molecule has 1 aromatic carbocycles. The first-order valence-corrected chi connectivity index (χ1v) is 10.2. The molecule has 9 heteroatoms. The molecule has 0 aliphatic rings. The molecule has 1 amide bonds. The van der Waals surface area contributed by atoms with Crippen molar-refractivity contribution in [3.8, 4) is 0 Å². The Bertz CT molecular complexity index is 888. The summed E-state index contributed by atoms with van der Waals surface area (Å²) in [4.78, 5) is 12.2. The number of carbonyl (C=O) groups is 1. The number of aryl methyl sites for hydroxylation is 2. The van der Waals surface area contributed by atoms with Crippen LogP contribution in [0.4, 0.5) is 11.5 Å². The normalized spacial score (nSPS) is 11.5. The molecule has 2 aromatic rings. The number of hydrogen-bond donors (Lipinski definition) is 2. The molecule has 1 aromatic heterocycles. The van der Waals surface area contributed by atoms with E-state index in [1.165, 1.54) is 16.4 Å². The van der Waals surface area contributed by atoms with E-state index in [0.717, 1.165) is 17.4 Å². The summed E-state index contributed by atoms with van der Waals surface area (Å²) in [5.41, 5.74) is 8.74. The fourth-order valence-corrected chi connectivity index (χ4v) is 4.21. The molecule has 7 nitrogen and oxygen atoms in total. The Balaban J connectivity index is 2.23. The van der Waals surface area contributed by atoms with Crippen LogP contribution in [0.2, 0.25) is 0 Å². The predicted molar refractivity (Wildman–Crippen MR) is 96.1 cm³/mol. The van der Waals surface area contributed by atoms with Crippen LogP contribution >= 0.6 is 11.8 Å². The first kappa shape index (κ1) is 18.3. The average Bonchev–Trinajstić information content (AvgIpc) is 2.79. The number of nitrogen functional groups attached to an aromatic ring is 1. The van der Waals surface area contributed by atoms with Gasteiger partial charge in [0.25, 0.3) is 0 Å². The molecule has 0 unspecified atom stereocenters. The van der Waals surface area contributed by atoms with Gasteiger partial charge in [-0.3, -0.25) is 4.79 Å². The van der Waals surface area contributed by atoms with Gasteiger partial charge in [0.15, 0.2) is 9.84 Å². The van der Waals surface area contributed by atoms with Crippen molar-refractivity contribution in [1.29, 1.82) is 0 Å². The van der Waals surface area contributed by atoms with E-state index in [0.29, 0.717) is 5.69 Å². The first-order valence-electron chi connectivity index (χ1n) is 7.11. The van der Waals surface area contributed by atoms with Crippen LogP contribution in [0.3, 0.4) is 0 Å². The van der Waals surface area contributed by atoms with E-state index >= 15 is 0 Å². The zero-order valence-electron chi connectivity index (χ0n) is 14.0. The molecular formula is C15H20N4O3S2. The molecule has 1 heterocycles. The molecule has 0 aliphatic carbocycles. The van der Waals surface area contributed by atoms with Crippen LogP contribution in [-0.2, 0) is 21.2 Å². The largest absolute Gasteiger partial charge is 0.383 e. The minimum atomic E-state index is -3.52. The lowest BCUT2D eigenvalue weighted by Crippen LogP contribution is -2.21. The summed E-state index contributed by atoms with van der Waals surface area (Å²) in [5, 5.41) is 7.17. The standard InChI is InChI=1S/C15H20N4O3S2/c1-9-5-6-11(7-10(9)2)17-12(20)8-19-14(16)13(24(4,21)22)15(18-19)23-3/h5-7H,8,16H2,1-4H3,(H,17,20). The molecule has 3 N–H and O–H groups in total. The lowest BCUT2D eigenvalue weighted by Gasteiger charge is -2.08. The zero-order valence-corrected chi connectivity index (χ0v) is 15.6. The molecule has 2 rings (SSSR count). The fraction of sp³-hybridized carbons (Fsp3) is 0.333. The van der Waals surface area contributed by atoms with Crippen molar-refractivity contribution in [2.75, 3.05) is 23.6 Å². The summed E-state index contributed by atoms with van der Waals surface area (Å²) in [5.74, 6) is -0.364. The Morgan fingerprint density at radius 3 is 2.50 bits per heavy atom. The third kappa shape index (κ3) is 3.90. The molecule has 0 saturated carbocycles. The van der Waals surface area contributed by atoms with Crippen molar-refractivity contribution >= 4 is 39.0 Å². The van der Waals surface area contributed by atoms with Gasteiger partial charge in [0, 0.05) is 11.9 Å². The first-order chi connectivity index (χ1) is 11.1. The summed E-state index contributed by atoms with van der Waals surface area (Å²) < 4.78 is 24.9. The predicted octanol–water partition coefficient (Wildman–Crippen LogP) is 1.85. The van der Waals surface area contributed by atoms with Crippen LogP contribution in [0.5, 0.6) is 0 Å². The number of nitrogens with zero attached hydrogens (tertiary/aromatic N) is 2. The van der Waals surface area contributed by atoms with Crippen molar-refractivity contribution in [1.82, 2.24) is 9.78 Å². The van der Waals surface area contributed by atoms with E-state index in [2.05, 4.69) is 10.4 Å². The summed E-state index contributed by atoms with van der Waals surface area (Å²) in [6, 6.07) is 5.59. The van der Waals surface area contributed by atoms with Gasteiger partial charge in [-0.15, -0.1) is 11.8 Å². The van der Waals surface area contributed by atoms with Gasteiger partial charge in [-0.25, -0.2) is 13.1 Å². The highest BCUT2D eigenvalue weighted by molar-refractivity contribution is 7.99. The maximum Gasteiger partial charge on any atom is 0.246 e. The van der Waals surface area contributed by atoms with E-state index < -0.39 is 9.84 Å². The average molecular weight is 368 g/mol. The van der Waals surface area contributed by atoms with Gasteiger partial charge >= 0.3 is 0 Å². The number of aromatic nitrogens is 2. The number of carbonyl (C=O) groups excluding carboxylic acids is 1. The second kappa shape index (κ2) is 6.86. The monoisotopic (exact) mass is 368 g/mol. The molecule has 130 valence electrons. The summed E-state index contributed by atoms with van der Waals surface area (Å²) in [6.07, 6.45) is 2.77. The number of sulfone groups is 1. The van der Waals surface area contributed by atoms with Gasteiger partial charge in [0.2, 0.25) is 5.91 Å². The van der Waals surface area contributed by atoms with Gasteiger partial charge in [-0.1, -0.05) is 6.07 Å². The van der Waals surface area contributed by atoms with E-state index in [4.69, 9.17) is 5.73 Å². The SMILES string of the molecule is CSc1nn(CC(=O)Nc2ccc(C)c(C)c2)c(N)c1S(C)(=O)=O. The molecule has 0 aliphatic heterocycles.